The average molecular weight is 300 g/mol. The van der Waals surface area contributed by atoms with Gasteiger partial charge in [0.15, 0.2) is 0 Å². The fourth-order valence-electron chi connectivity index (χ4n) is 2.98. The molecular weight excluding hydrogens is 280 g/mol. The summed E-state index contributed by atoms with van der Waals surface area (Å²) in [5.74, 6) is 0.195. The smallest absolute Gasteiger partial charge is 0.275 e. The lowest BCUT2D eigenvalue weighted by molar-refractivity contribution is -0.117. The topological polar surface area (TPSA) is 67.4 Å². The molecule has 1 heterocycles. The van der Waals surface area contributed by atoms with Crippen molar-refractivity contribution in [2.45, 2.75) is 39.0 Å². The molecule has 1 aromatic rings. The predicted molar refractivity (Wildman–Crippen MR) is 83.1 cm³/mol. The molecule has 0 unspecified atom stereocenters. The van der Waals surface area contributed by atoms with E-state index in [1.807, 2.05) is 12.1 Å². The summed E-state index contributed by atoms with van der Waals surface area (Å²) in [4.78, 5) is 23.4. The predicted octanol–water partition coefficient (Wildman–Crippen LogP) is 1.90. The molecule has 3 rings (SSSR count). The van der Waals surface area contributed by atoms with E-state index in [0.29, 0.717) is 6.61 Å². The fourth-order valence-corrected chi connectivity index (χ4v) is 2.98. The molecule has 5 heteroatoms. The van der Waals surface area contributed by atoms with Crippen molar-refractivity contribution in [1.82, 2.24) is 10.9 Å². The van der Waals surface area contributed by atoms with Gasteiger partial charge in [-0.25, -0.2) is 0 Å². The highest BCUT2D eigenvalue weighted by atomic mass is 16.5. The van der Waals surface area contributed by atoms with Crippen LogP contribution in [0.4, 0.5) is 0 Å². The van der Waals surface area contributed by atoms with Gasteiger partial charge in [-0.3, -0.25) is 20.4 Å². The van der Waals surface area contributed by atoms with Gasteiger partial charge in [0.05, 0.1) is 6.61 Å². The number of amides is 2. The van der Waals surface area contributed by atoms with Crippen LogP contribution in [0.15, 0.2) is 17.7 Å². The van der Waals surface area contributed by atoms with E-state index in [1.165, 1.54) is 11.1 Å². The van der Waals surface area contributed by atoms with Gasteiger partial charge in [-0.15, -0.1) is 0 Å². The molecule has 0 bridgehead atoms. The van der Waals surface area contributed by atoms with Gasteiger partial charge >= 0.3 is 0 Å². The van der Waals surface area contributed by atoms with Crippen LogP contribution < -0.4 is 15.6 Å². The van der Waals surface area contributed by atoms with Crippen molar-refractivity contribution >= 4 is 17.9 Å². The third kappa shape index (κ3) is 2.71. The van der Waals surface area contributed by atoms with E-state index in [9.17, 15) is 9.59 Å². The quantitative estimate of drug-likeness (QED) is 0.659. The van der Waals surface area contributed by atoms with Crippen LogP contribution in [0.1, 0.15) is 42.9 Å². The van der Waals surface area contributed by atoms with Gasteiger partial charge < -0.3 is 4.74 Å². The van der Waals surface area contributed by atoms with Gasteiger partial charge in [-0.05, 0) is 60.9 Å². The van der Waals surface area contributed by atoms with Crippen molar-refractivity contribution in [1.29, 1.82) is 0 Å². The molecule has 22 heavy (non-hydrogen) atoms. The molecule has 0 aromatic heterocycles. The Labute approximate surface area is 129 Å². The largest absolute Gasteiger partial charge is 0.493 e. The zero-order chi connectivity index (χ0) is 15.5. The highest BCUT2D eigenvalue weighted by Crippen LogP contribution is 2.33. The minimum Gasteiger partial charge on any atom is -0.493 e. The molecule has 1 saturated heterocycles. The summed E-state index contributed by atoms with van der Waals surface area (Å²) in [5.41, 5.74) is 8.20. The minimum atomic E-state index is -0.374. The SMILES string of the molecule is CCCOc1ccc(C=C2C(=O)NNC2=O)c2c1CCCC2. The molecule has 1 aromatic carbocycles. The molecule has 1 aliphatic carbocycles. The lowest BCUT2D eigenvalue weighted by Crippen LogP contribution is -2.28. The van der Waals surface area contributed by atoms with Crippen molar-refractivity contribution in [2.75, 3.05) is 6.61 Å². The molecular formula is C17H20N2O3. The van der Waals surface area contributed by atoms with E-state index < -0.39 is 0 Å². The number of carbonyl (C=O) groups is 2. The summed E-state index contributed by atoms with van der Waals surface area (Å²) >= 11 is 0. The Morgan fingerprint density at radius 2 is 1.77 bits per heavy atom. The van der Waals surface area contributed by atoms with Crippen LogP contribution in [0.5, 0.6) is 5.75 Å². The third-order valence-electron chi connectivity index (χ3n) is 4.07. The van der Waals surface area contributed by atoms with E-state index in [2.05, 4.69) is 17.8 Å². The molecule has 0 saturated carbocycles. The molecule has 2 N–H and O–H groups in total. The number of fused-ring (bicyclic) bond motifs is 1. The molecule has 0 spiro atoms. The summed E-state index contributed by atoms with van der Waals surface area (Å²) in [7, 11) is 0. The van der Waals surface area contributed by atoms with E-state index >= 15 is 0 Å². The van der Waals surface area contributed by atoms with Gasteiger partial charge in [-0.1, -0.05) is 13.0 Å². The van der Waals surface area contributed by atoms with Gasteiger partial charge in [0.25, 0.3) is 11.8 Å². The fraction of sp³-hybridized carbons (Fsp3) is 0.412. The van der Waals surface area contributed by atoms with Crippen LogP contribution >= 0.6 is 0 Å². The van der Waals surface area contributed by atoms with Crippen molar-refractivity contribution in [3.05, 3.63) is 34.4 Å². The zero-order valence-corrected chi connectivity index (χ0v) is 12.7. The molecule has 2 amide bonds. The van der Waals surface area contributed by atoms with Crippen molar-refractivity contribution in [3.8, 4) is 5.75 Å². The Balaban J connectivity index is 2.00. The Hall–Kier alpha value is -2.30. The first kappa shape index (κ1) is 14.6. The molecule has 0 radical (unpaired) electrons. The first-order valence-electron chi connectivity index (χ1n) is 7.80. The molecule has 5 nitrogen and oxygen atoms in total. The third-order valence-corrected chi connectivity index (χ3v) is 4.07. The lowest BCUT2D eigenvalue weighted by atomic mass is 9.87. The van der Waals surface area contributed by atoms with Crippen LogP contribution in [0.2, 0.25) is 0 Å². The maximum atomic E-state index is 11.7. The number of hydrogen-bond acceptors (Lipinski definition) is 3. The van der Waals surface area contributed by atoms with Crippen LogP contribution in [0.25, 0.3) is 6.08 Å². The second-order valence-electron chi connectivity index (χ2n) is 5.63. The number of carbonyl (C=O) groups excluding carboxylic acids is 2. The zero-order valence-electron chi connectivity index (χ0n) is 12.7. The van der Waals surface area contributed by atoms with Crippen LogP contribution in [-0.2, 0) is 22.4 Å². The lowest BCUT2D eigenvalue weighted by Gasteiger charge is -2.21. The van der Waals surface area contributed by atoms with Gasteiger partial charge in [0.2, 0.25) is 0 Å². The van der Waals surface area contributed by atoms with Crippen LogP contribution in [0.3, 0.4) is 0 Å². The summed E-state index contributed by atoms with van der Waals surface area (Å²) in [6.07, 6.45) is 6.88. The Kier molecular flexibility index (Phi) is 4.13. The number of rotatable bonds is 4. The first-order chi connectivity index (χ1) is 10.7. The monoisotopic (exact) mass is 300 g/mol. The van der Waals surface area contributed by atoms with Gasteiger partial charge in [0, 0.05) is 0 Å². The maximum absolute atomic E-state index is 11.7. The Bertz CT molecular complexity index is 632. The van der Waals surface area contributed by atoms with Crippen molar-refractivity contribution in [2.24, 2.45) is 0 Å². The number of benzene rings is 1. The second-order valence-corrected chi connectivity index (χ2v) is 5.63. The van der Waals surface area contributed by atoms with E-state index in [0.717, 1.165) is 43.4 Å². The van der Waals surface area contributed by atoms with Crippen LogP contribution in [-0.4, -0.2) is 18.4 Å². The Morgan fingerprint density at radius 1 is 1.09 bits per heavy atom. The van der Waals surface area contributed by atoms with E-state index in [-0.39, 0.29) is 17.4 Å². The van der Waals surface area contributed by atoms with Crippen molar-refractivity contribution < 1.29 is 14.3 Å². The summed E-state index contributed by atoms with van der Waals surface area (Å²) in [5, 5.41) is 0. The molecule has 0 atom stereocenters. The second kappa shape index (κ2) is 6.22. The number of hydrogen-bond donors (Lipinski definition) is 2. The number of nitrogens with one attached hydrogen (secondary N) is 2. The summed E-state index contributed by atoms with van der Waals surface area (Å²) in [6.45, 7) is 2.79. The highest BCUT2D eigenvalue weighted by Gasteiger charge is 2.26. The molecule has 116 valence electrons. The maximum Gasteiger partial charge on any atom is 0.275 e. The number of hydrazine groups is 1. The van der Waals surface area contributed by atoms with E-state index in [1.54, 1.807) is 6.08 Å². The van der Waals surface area contributed by atoms with Crippen molar-refractivity contribution in [3.63, 3.8) is 0 Å². The molecule has 2 aliphatic rings. The summed E-state index contributed by atoms with van der Waals surface area (Å²) in [6, 6.07) is 3.90. The molecule has 1 fully saturated rings. The van der Waals surface area contributed by atoms with E-state index in [4.69, 9.17) is 4.74 Å². The Morgan fingerprint density at radius 3 is 2.45 bits per heavy atom. The summed E-state index contributed by atoms with van der Waals surface area (Å²) < 4.78 is 5.84. The normalized spacial score (nSPS) is 16.9. The van der Waals surface area contributed by atoms with Gasteiger partial charge in [-0.2, -0.15) is 0 Å². The minimum absolute atomic E-state index is 0.162. The highest BCUT2D eigenvalue weighted by molar-refractivity contribution is 6.25. The first-order valence-corrected chi connectivity index (χ1v) is 7.80. The standard InChI is InChI=1S/C17H20N2O3/c1-2-9-22-15-8-7-11(12-5-3-4-6-13(12)15)10-14-16(20)18-19-17(14)21/h7-8,10H,2-6,9H2,1H3,(H,18,20)(H,19,21). The molecule has 1 aliphatic heterocycles. The van der Waals surface area contributed by atoms with Crippen LogP contribution in [0, 0.1) is 0 Å². The van der Waals surface area contributed by atoms with Gasteiger partial charge in [0.1, 0.15) is 11.3 Å². The number of ether oxygens (including phenoxy) is 1. The average Bonchev–Trinajstić information content (AvgIpc) is 2.86.